The second kappa shape index (κ2) is 59.8. The van der Waals surface area contributed by atoms with E-state index in [4.69, 9.17) is 80.1 Å². The Morgan fingerprint density at radius 3 is 0.922 bits per heavy atom. The standard InChI is InChI=1S/C21H25BrN3O9P.C19H23FN3O9P.C11H13BrN2O5.2C10H13ClNO4P.C9H11FN2O5.BH.U.V/c1-13(20(28)31-2)24-35(30,34-15-6-4-3-5-7-15)32-12-17-16(26)10-18(33-17)25-11-14(8-9-22)19(27)23-21(25)29;1-11(18(26)29-2)22-33(28,32-12-6-4-3-5-7-12)30-10-15-14(24)8-16(31-15)23-9-13(20)17(25)21-19(23)27;12-2-1-6-4-14(11(18)13-10(6)17)9-3-7(16)8(5-15)19-9;2*1-8(10(13)15-2)12-17(11,14)16-9-6-4-3-5-7-9;10-4-2-12(9(16)11-8(4)15)7-1-5(14)6(3-13)17-7;;;/h3-9,11,13,16-18,26H,10,12H2,1-2H3,(H,24,30)(H,23,27,29);3-7,9,11,14-16,24H,8,10H2,1-2H3,(H,22,28)(H,21,25,27);1-2,4,7-9,15-16H,3,5H2,(H,13,17,18);2*3-8H,1-2H3,(H,12,14);2,5-7,13-14H,1,3H2,(H,11,15,16);1H;;/b9-8+;;2-1+;;;;;;/t13?,16?,17-,18?,35?;11?,14?,15-,16?,33?;7-,8?,9?;;;5-,6?,7?;;;/m110..0.../s1/i;;;;;;1D;;. The predicted octanol–water partition coefficient (Wildman–Crippen LogP) is 4.92. The van der Waals surface area contributed by atoms with Gasteiger partial charge in [-0.1, -0.05) is 105 Å². The van der Waals surface area contributed by atoms with Crippen LogP contribution < -0.4 is 83.4 Å². The maximum atomic E-state index is 13.6. The number of aliphatic hydroxyl groups excluding tert-OH is 6. The number of esters is 4. The topological polar surface area (TPSA) is 655 Å². The van der Waals surface area contributed by atoms with Crippen molar-refractivity contribution in [2.75, 3.05) is 54.9 Å². The average Bonchev–Trinajstić information content (AvgIpc) is 1.61. The van der Waals surface area contributed by atoms with E-state index in [1.807, 2.05) is 0 Å². The van der Waals surface area contributed by atoms with E-state index >= 15 is 0 Å². The predicted molar refractivity (Wildman–Crippen MR) is 501 cm³/mol. The first-order valence-corrected chi connectivity index (χ1v) is 50.5. The van der Waals surface area contributed by atoms with E-state index in [1.54, 1.807) is 119 Å². The van der Waals surface area contributed by atoms with E-state index in [1.165, 1.54) is 100 Å². The molecule has 61 heteroatoms. The monoisotopic (exact) mass is 2490 g/mol. The van der Waals surface area contributed by atoms with Crippen LogP contribution in [0.5, 0.6) is 23.0 Å². The van der Waals surface area contributed by atoms with Crippen LogP contribution in [0.1, 0.15) is 89.4 Å². The van der Waals surface area contributed by atoms with Crippen LogP contribution in [-0.2, 0) is 103 Å². The van der Waals surface area contributed by atoms with Crippen molar-refractivity contribution in [3.63, 3.8) is 0 Å². The van der Waals surface area contributed by atoms with Crippen molar-refractivity contribution in [1.82, 2.24) is 58.6 Å². The van der Waals surface area contributed by atoms with E-state index in [0.717, 1.165) is 27.0 Å². The number of hydrogen-bond donors (Lipinski definition) is 14. The number of H-pyrrole nitrogens is 4. The number of carbonyl (C=O) groups excluding carboxylic acids is 4. The van der Waals surface area contributed by atoms with Crippen LogP contribution in [0, 0.1) is 42.7 Å². The Morgan fingerprint density at radius 2 is 0.674 bits per heavy atom. The molecule has 769 valence electrons. The van der Waals surface area contributed by atoms with Crippen LogP contribution in [0.25, 0.3) is 12.2 Å². The molecule has 12 rings (SSSR count). The van der Waals surface area contributed by atoms with Gasteiger partial charge in [0.2, 0.25) is 11.6 Å². The normalized spacial score (nSPS) is 21.9. The molecule has 48 nitrogen and oxygen atoms in total. The van der Waals surface area contributed by atoms with Crippen molar-refractivity contribution in [3.8, 4) is 23.0 Å². The molecule has 4 aliphatic heterocycles. The van der Waals surface area contributed by atoms with Crippen molar-refractivity contribution in [2.24, 2.45) is 0 Å². The van der Waals surface area contributed by atoms with Gasteiger partial charge in [-0.25, -0.2) is 47.6 Å². The number of aliphatic hydroxyl groups is 6. The molecule has 4 saturated heterocycles. The molecule has 0 spiro atoms. The zero-order valence-electron chi connectivity index (χ0n) is 76.4. The second-order valence-electron chi connectivity index (χ2n) is 29.1. The van der Waals surface area contributed by atoms with Gasteiger partial charge < -0.3 is 86.6 Å². The molecular formula is C80H99BBr2Cl2F2N12O36P4UV. The Hall–Kier alpha value is -8.46. The van der Waals surface area contributed by atoms with Gasteiger partial charge in [-0.2, -0.15) is 19.0 Å². The summed E-state index contributed by atoms with van der Waals surface area (Å²) in [5.41, 5.74) is -5.98. The maximum absolute atomic E-state index is 13.6. The molecule has 20 atom stereocenters. The molecule has 0 bridgehead atoms. The van der Waals surface area contributed by atoms with Crippen LogP contribution in [0.15, 0.2) is 194 Å². The van der Waals surface area contributed by atoms with Crippen molar-refractivity contribution < 1.29 is 192 Å². The molecule has 14 N–H and O–H groups in total. The summed E-state index contributed by atoms with van der Waals surface area (Å²) in [7, 11) is 0.247. The van der Waals surface area contributed by atoms with Gasteiger partial charge >= 0.3 is 75.9 Å². The van der Waals surface area contributed by atoms with Gasteiger partial charge in [0, 0.05) is 119 Å². The Morgan fingerprint density at radius 1 is 0.440 bits per heavy atom. The molecule has 3 radical (unpaired) electrons. The van der Waals surface area contributed by atoms with Crippen LogP contribution >= 0.6 is 83.6 Å². The van der Waals surface area contributed by atoms with Crippen LogP contribution in [-0.4, -0.2) is 230 Å². The average molecular weight is 2500 g/mol. The molecule has 4 fully saturated rings. The smallest absolute Gasteiger partial charge is 0.459 e. The number of nitrogens with one attached hydrogen (secondary N) is 8. The Bertz CT molecular complexity index is 6120. The largest absolute Gasteiger partial charge is 0.468 e. The molecule has 4 aromatic heterocycles. The van der Waals surface area contributed by atoms with Crippen LogP contribution in [0.4, 0.5) is 8.78 Å². The minimum absolute atomic E-state index is 0. The first kappa shape index (κ1) is 123. The van der Waals surface area contributed by atoms with E-state index in [9.17, 15) is 105 Å². The fourth-order valence-electron chi connectivity index (χ4n) is 12.2. The van der Waals surface area contributed by atoms with Crippen LogP contribution in [0.3, 0.4) is 0 Å². The summed E-state index contributed by atoms with van der Waals surface area (Å²) >= 11 is 17.5. The van der Waals surface area contributed by atoms with E-state index < -0.39 is 227 Å². The number of para-hydroxylation sites is 4. The molecule has 4 aromatic carbocycles. The molecule has 0 aliphatic carbocycles. The Balaban J connectivity index is 0.000000363. The minimum atomic E-state index is -4.18. The number of rotatable bonds is 34. The molecule has 4 aliphatic rings. The number of aromatic amines is 4. The zero-order valence-corrected chi connectivity index (χ0v) is 89.2. The number of ether oxygens (including phenoxy) is 8. The first-order chi connectivity index (χ1) is 66.2. The van der Waals surface area contributed by atoms with E-state index in [2.05, 4.69) is 89.5 Å². The van der Waals surface area contributed by atoms with Gasteiger partial charge in [0.05, 0.1) is 103 Å². The molecule has 141 heavy (non-hydrogen) atoms. The molecule has 16 unspecified atom stereocenters. The maximum Gasteiger partial charge on any atom is 0.459 e. The molecule has 8 aromatic rings. The number of benzene rings is 4. The Labute approximate surface area is 864 Å². The van der Waals surface area contributed by atoms with Crippen molar-refractivity contribution in [1.29, 1.82) is 1.34 Å². The van der Waals surface area contributed by atoms with Gasteiger partial charge in [-0.3, -0.25) is 85.6 Å². The summed E-state index contributed by atoms with van der Waals surface area (Å²) in [5.74, 6) is -3.73. The fourth-order valence-corrected chi connectivity index (χ4v) is 19.2. The SMILES string of the molecule is COC(=O)C(C)NP(=O)(Cl)Oc1ccccc1.COC(=O)C(C)NP(=O)(Cl)Oc1ccccc1.COC(=O)C(C)NP(=O)(OC[C@H]1OC(n2cc(/C=C/Br)c(=O)[nH]c2=O)CC1O)Oc1ccccc1.COC(=O)C(C)NP(=O)(OC[C@H]1OC(n2cc(F)c(=O)[nH]c2=O)CC1O)Oc1ccccc1.O=c1[nH]c(=O)n(C2C[C@H](O)C(CO)O2)cc1/C=C/Br.O=c1[nH]c(=O)n(C2C[C@H](O)C(CO)O2)cc1F.[2H][B].[U].[V]. The Kier molecular flexibility index (Phi) is 52.2. The van der Waals surface area contributed by atoms with Crippen molar-refractivity contribution in [3.05, 3.63) is 262 Å². The molecule has 0 amide bonds. The number of hydrogen-bond acceptors (Lipinski definition) is 36. The summed E-state index contributed by atoms with van der Waals surface area (Å²) in [6.45, 7) is -3.05. The van der Waals surface area contributed by atoms with Crippen molar-refractivity contribution >= 4 is 128 Å². The summed E-state index contributed by atoms with van der Waals surface area (Å²) in [6, 6.07) is 29.4. The second-order valence-corrected chi connectivity index (χ2v) is 39.0. The molecule has 8 heterocycles. The number of methoxy groups -OCH3 is 4. The van der Waals surface area contributed by atoms with E-state index in [-0.39, 0.29) is 105 Å². The fraction of sp³-hybridized carbons (Fsp3) is 0.400. The van der Waals surface area contributed by atoms with Gasteiger partial charge in [-0.05, 0) is 99.7 Å². The quantitative estimate of drug-likeness (QED) is 0.0110. The third kappa shape index (κ3) is 39.1. The summed E-state index contributed by atoms with van der Waals surface area (Å²) in [4.78, 5) is 150. The van der Waals surface area contributed by atoms with E-state index in [0.29, 0.717) is 17.7 Å². The number of halogens is 6. The summed E-state index contributed by atoms with van der Waals surface area (Å²) in [6.07, 6.45) is -4.21. The number of nitrogens with zero attached hydrogens (tertiary/aromatic N) is 4. The molecular weight excluding hydrogens is 2400 g/mol. The number of aromatic nitrogens is 8. The minimum Gasteiger partial charge on any atom is -0.468 e. The summed E-state index contributed by atoms with van der Waals surface area (Å²) in [5, 5.41) is 67.5. The van der Waals surface area contributed by atoms with Crippen LogP contribution in [0.2, 0.25) is 0 Å². The van der Waals surface area contributed by atoms with Gasteiger partial charge in [0.1, 0.15) is 96.5 Å². The number of carbonyl (C=O) groups is 4. The van der Waals surface area contributed by atoms with Gasteiger partial charge in [-0.15, -0.1) is 0 Å². The van der Waals surface area contributed by atoms with Crippen molar-refractivity contribution in [2.45, 2.75) is 151 Å². The molecule has 0 saturated carbocycles. The first-order valence-electron chi connectivity index (χ1n) is 41.1. The van der Waals surface area contributed by atoms with Gasteiger partial charge in [0.25, 0.3) is 22.2 Å². The zero-order chi connectivity index (χ0) is 104. The third-order valence-corrected chi connectivity index (χ3v) is 26.1. The summed E-state index contributed by atoms with van der Waals surface area (Å²) < 4.78 is 158. The third-order valence-electron chi connectivity index (χ3n) is 19.0. The van der Waals surface area contributed by atoms with Gasteiger partial charge in [0.15, 0.2) is 0 Å².